The lowest BCUT2D eigenvalue weighted by molar-refractivity contribution is -0.187. The van der Waals surface area contributed by atoms with Crippen molar-refractivity contribution in [3.63, 3.8) is 0 Å². The van der Waals surface area contributed by atoms with Crippen molar-refractivity contribution in [2.24, 2.45) is 0 Å². The highest BCUT2D eigenvalue weighted by atomic mass is 17.2. The lowest BCUT2D eigenvalue weighted by Crippen LogP contribution is -2.19. The van der Waals surface area contributed by atoms with E-state index in [4.69, 9.17) is 28.7 Å². The first-order chi connectivity index (χ1) is 35.9. The summed E-state index contributed by atoms with van der Waals surface area (Å²) in [6.45, 7) is 8.59. The van der Waals surface area contributed by atoms with Gasteiger partial charge in [0.05, 0.1) is 35.5 Å². The predicted octanol–water partition coefficient (Wildman–Crippen LogP) is 15.1. The Morgan fingerprint density at radius 3 is 1.03 bits per heavy atom. The number of unbranched alkanes of at least 4 members (excludes halogenated alkanes) is 16. The van der Waals surface area contributed by atoms with Gasteiger partial charge < -0.3 is 18.9 Å². The van der Waals surface area contributed by atoms with Crippen LogP contribution in [0.2, 0.25) is 0 Å². The maximum atomic E-state index is 14.4. The summed E-state index contributed by atoms with van der Waals surface area (Å²) in [4.78, 5) is 119. The van der Waals surface area contributed by atoms with Gasteiger partial charge in [0.1, 0.15) is 11.5 Å². The molecule has 4 aromatic rings. The van der Waals surface area contributed by atoms with Crippen molar-refractivity contribution < 1.29 is 67.1 Å². The molecule has 0 amide bonds. The van der Waals surface area contributed by atoms with Crippen LogP contribution in [0.15, 0.2) is 84.9 Å². The van der Waals surface area contributed by atoms with E-state index in [0.29, 0.717) is 25.7 Å². The van der Waals surface area contributed by atoms with E-state index >= 15 is 0 Å². The summed E-state index contributed by atoms with van der Waals surface area (Å²) in [5, 5.41) is 0. The zero-order valence-corrected chi connectivity index (χ0v) is 43.8. The Kier molecular flexibility index (Phi) is 27.1. The highest BCUT2D eigenvalue weighted by Gasteiger charge is 2.29. The minimum atomic E-state index is -1.27. The van der Waals surface area contributed by atoms with Crippen molar-refractivity contribution in [1.29, 1.82) is 0 Å². The maximum Gasteiger partial charge on any atom is 0.513 e. The van der Waals surface area contributed by atoms with Gasteiger partial charge in [-0.2, -0.15) is 0 Å². The maximum absolute atomic E-state index is 14.4. The summed E-state index contributed by atoms with van der Waals surface area (Å²) >= 11 is 0. The van der Waals surface area contributed by atoms with Gasteiger partial charge in [-0.1, -0.05) is 167 Å². The number of hydrogen-bond acceptors (Lipinski definition) is 14. The van der Waals surface area contributed by atoms with Crippen LogP contribution >= 0.6 is 0 Å². The number of benzene rings is 4. The number of ketones is 4. The molecule has 0 saturated heterocycles. The third kappa shape index (κ3) is 19.8. The lowest BCUT2D eigenvalue weighted by Gasteiger charge is -2.14. The summed E-state index contributed by atoms with van der Waals surface area (Å²) in [5.41, 5.74) is -1.17. The third-order valence-electron chi connectivity index (χ3n) is 12.4. The van der Waals surface area contributed by atoms with Crippen LogP contribution in [0.3, 0.4) is 0 Å². The molecule has 0 aliphatic rings. The summed E-state index contributed by atoms with van der Waals surface area (Å²) in [5.74, 6) is -5.02. The average Bonchev–Trinajstić information content (AvgIpc) is 3.41. The molecule has 14 nitrogen and oxygen atoms in total. The van der Waals surface area contributed by atoms with Gasteiger partial charge in [-0.3, -0.25) is 19.2 Å². The van der Waals surface area contributed by atoms with Gasteiger partial charge in [-0.25, -0.2) is 29.0 Å². The van der Waals surface area contributed by atoms with Crippen LogP contribution in [0.25, 0.3) is 0 Å². The molecule has 0 bridgehead atoms. The van der Waals surface area contributed by atoms with E-state index in [1.54, 1.807) is 0 Å². The second-order valence-electron chi connectivity index (χ2n) is 18.3. The Labute approximate surface area is 436 Å². The molecular formula is C60H74O14. The van der Waals surface area contributed by atoms with Crippen LogP contribution in [0.5, 0.6) is 11.5 Å². The average molecular weight is 1020 g/mol. The van der Waals surface area contributed by atoms with Crippen LogP contribution in [0.4, 0.5) is 9.59 Å². The number of carbonyl (C=O) groups excluding carboxylic acids is 8. The van der Waals surface area contributed by atoms with E-state index < -0.39 is 35.8 Å². The topological polar surface area (TPSA) is 192 Å². The minimum Gasteiger partial charge on any atom is -0.434 e. The van der Waals surface area contributed by atoms with Gasteiger partial charge in [0.15, 0.2) is 23.1 Å². The van der Waals surface area contributed by atoms with Crippen LogP contribution in [0.1, 0.15) is 242 Å². The smallest absolute Gasteiger partial charge is 0.434 e. The number of ether oxygens (including phenoxy) is 4. The molecule has 0 aliphatic heterocycles. The number of rotatable bonds is 34. The fraction of sp³-hybridized carbons (Fsp3) is 0.467. The van der Waals surface area contributed by atoms with E-state index in [-0.39, 0.29) is 93.6 Å². The second-order valence-corrected chi connectivity index (χ2v) is 18.3. The van der Waals surface area contributed by atoms with Gasteiger partial charge in [-0.05, 0) is 74.2 Å². The normalized spacial score (nSPS) is 10.8. The Balaban J connectivity index is 1.58. The van der Waals surface area contributed by atoms with Crippen LogP contribution in [0, 0.1) is 0 Å². The fourth-order valence-electron chi connectivity index (χ4n) is 8.14. The molecule has 398 valence electrons. The quantitative estimate of drug-likeness (QED) is 0.0107. The molecule has 4 aromatic carbocycles. The molecule has 0 aromatic heterocycles. The molecule has 0 N–H and O–H groups in total. The van der Waals surface area contributed by atoms with E-state index in [0.717, 1.165) is 103 Å². The summed E-state index contributed by atoms with van der Waals surface area (Å²) in [7, 11) is 0. The second kappa shape index (κ2) is 33.7. The molecule has 0 spiro atoms. The van der Waals surface area contributed by atoms with E-state index in [1.807, 2.05) is 0 Å². The van der Waals surface area contributed by atoms with Gasteiger partial charge in [-0.15, -0.1) is 0 Å². The molecule has 0 fully saturated rings. The number of carbonyl (C=O) groups is 8. The molecule has 0 atom stereocenters. The molecule has 14 heteroatoms. The van der Waals surface area contributed by atoms with Crippen molar-refractivity contribution in [2.75, 3.05) is 13.2 Å². The van der Waals surface area contributed by atoms with Gasteiger partial charge in [0, 0.05) is 35.1 Å². The van der Waals surface area contributed by atoms with Crippen LogP contribution < -0.4 is 9.47 Å². The van der Waals surface area contributed by atoms with Gasteiger partial charge in [0.2, 0.25) is 0 Å². The monoisotopic (exact) mass is 1020 g/mol. The van der Waals surface area contributed by atoms with Crippen molar-refractivity contribution in [2.45, 2.75) is 169 Å². The first-order valence-corrected chi connectivity index (χ1v) is 26.7. The largest absolute Gasteiger partial charge is 0.513 e. The Morgan fingerprint density at radius 2 is 0.676 bits per heavy atom. The molecule has 74 heavy (non-hydrogen) atoms. The molecule has 4 rings (SSSR count). The Morgan fingerprint density at radius 1 is 0.351 bits per heavy atom. The van der Waals surface area contributed by atoms with Crippen LogP contribution in [-0.2, 0) is 19.2 Å². The van der Waals surface area contributed by atoms with Crippen molar-refractivity contribution in [3.8, 4) is 11.5 Å². The lowest BCUT2D eigenvalue weighted by atomic mass is 9.94. The van der Waals surface area contributed by atoms with E-state index in [2.05, 4.69) is 27.7 Å². The van der Waals surface area contributed by atoms with Crippen molar-refractivity contribution in [1.82, 2.24) is 0 Å². The number of Topliss-reactive ketones (excluding diaryl/α,β-unsaturated/α-hetero) is 2. The van der Waals surface area contributed by atoms with Gasteiger partial charge in [0.25, 0.3) is 0 Å². The van der Waals surface area contributed by atoms with Gasteiger partial charge >= 0.3 is 24.2 Å². The first kappa shape index (κ1) is 59.6. The molecular weight excluding hydrogens is 945 g/mol. The minimum absolute atomic E-state index is 0.102. The van der Waals surface area contributed by atoms with E-state index in [1.165, 1.54) is 84.9 Å². The predicted molar refractivity (Wildman–Crippen MR) is 280 cm³/mol. The zero-order chi connectivity index (χ0) is 53.5. The van der Waals surface area contributed by atoms with Crippen molar-refractivity contribution >= 4 is 47.4 Å². The first-order valence-electron chi connectivity index (χ1n) is 26.7. The fourth-order valence-corrected chi connectivity index (χ4v) is 8.14. The highest BCUT2D eigenvalue weighted by Crippen LogP contribution is 2.29. The summed E-state index contributed by atoms with van der Waals surface area (Å²) in [6.07, 6.45) is 16.7. The standard InChI is InChI=1S/C60H74O14/c1-5-9-13-17-21-33-51(61)43-35-37-53(71-59(67)69-39-27-19-15-11-7-3)49(41-43)55(63)45-29-23-25-31-47(45)57(65)73-74-58(66)48-32-26-24-30-46(48)56(64)50-42-44(52(62)34-22-18-14-10-6-2)36-38-54(50)72-60(68)70-40-28-20-16-12-8-4/h23-26,29-32,35-38,41-42H,5-22,27-28,33-34,39-40H2,1-4H3. The summed E-state index contributed by atoms with van der Waals surface area (Å²) < 4.78 is 21.6. The zero-order valence-electron chi connectivity index (χ0n) is 43.8. The number of hydrogen-bond donors (Lipinski definition) is 0. The SMILES string of the molecule is CCCCCCCOC(=O)Oc1ccc(C(=O)CCCCCCC)cc1C(=O)c1ccccc1C(=O)OOC(=O)c1ccccc1C(=O)c1cc(C(=O)CCCCCCC)ccc1OC(=O)OCCCCCCC. The van der Waals surface area contributed by atoms with Crippen LogP contribution in [-0.4, -0.2) is 60.6 Å². The van der Waals surface area contributed by atoms with E-state index in [9.17, 15) is 38.4 Å². The molecule has 0 unspecified atom stereocenters. The Hall–Kier alpha value is -6.96. The molecule has 0 radical (unpaired) electrons. The molecule has 0 aliphatic carbocycles. The summed E-state index contributed by atoms with van der Waals surface area (Å²) in [6, 6.07) is 19.3. The third-order valence-corrected chi connectivity index (χ3v) is 12.4. The Bertz CT molecular complexity index is 2320. The highest BCUT2D eigenvalue weighted by molar-refractivity contribution is 6.18. The van der Waals surface area contributed by atoms with Crippen molar-refractivity contribution in [3.05, 3.63) is 129 Å². The molecule has 0 heterocycles. The molecule has 0 saturated carbocycles.